The lowest BCUT2D eigenvalue weighted by molar-refractivity contribution is -0.138. The van der Waals surface area contributed by atoms with E-state index < -0.39 is 35.7 Å². The van der Waals surface area contributed by atoms with E-state index in [9.17, 15) is 39.0 Å². The highest BCUT2D eigenvalue weighted by molar-refractivity contribution is 6.11. The molecule has 4 rings (SSSR count). The highest BCUT2D eigenvalue weighted by Gasteiger charge is 2.20. The van der Waals surface area contributed by atoms with Crippen molar-refractivity contribution < 1.29 is 54.7 Å². The van der Waals surface area contributed by atoms with Gasteiger partial charge < -0.3 is 45.7 Å². The van der Waals surface area contributed by atoms with E-state index in [1.165, 1.54) is 24.3 Å². The zero-order chi connectivity index (χ0) is 42.5. The number of benzene rings is 2. The van der Waals surface area contributed by atoms with Crippen LogP contribution in [0.1, 0.15) is 157 Å². The lowest BCUT2D eigenvalue weighted by atomic mass is 10.0. The second-order valence-electron chi connectivity index (χ2n) is 13.9. The second-order valence-corrected chi connectivity index (χ2v) is 13.9. The van der Waals surface area contributed by atoms with Crippen LogP contribution in [0.3, 0.4) is 0 Å². The fourth-order valence-corrected chi connectivity index (χ4v) is 6.38. The van der Waals surface area contributed by atoms with Crippen molar-refractivity contribution >= 4 is 47.3 Å². The summed E-state index contributed by atoms with van der Waals surface area (Å²) in [7, 11) is 0. The van der Waals surface area contributed by atoms with Crippen LogP contribution in [0.2, 0.25) is 0 Å². The molecule has 2 unspecified atom stereocenters. The van der Waals surface area contributed by atoms with Crippen molar-refractivity contribution in [1.82, 2.24) is 19.1 Å². The molecule has 2 aromatic heterocycles. The van der Waals surface area contributed by atoms with Crippen molar-refractivity contribution in [1.29, 1.82) is 0 Å². The van der Waals surface area contributed by atoms with Gasteiger partial charge in [0.25, 0.3) is 11.8 Å². The van der Waals surface area contributed by atoms with Gasteiger partial charge in [-0.1, -0.05) is 89.5 Å². The number of unbranched alkanes of at least 4 members (excludes halogenated alkanes) is 6. The van der Waals surface area contributed by atoms with Gasteiger partial charge in [0.15, 0.2) is 11.6 Å². The summed E-state index contributed by atoms with van der Waals surface area (Å²) in [6, 6.07) is 11.9. The van der Waals surface area contributed by atoms with E-state index in [-0.39, 0.29) is 52.7 Å². The van der Waals surface area contributed by atoms with E-state index in [0.717, 1.165) is 64.2 Å². The molecular weight excluding hydrogens is 764 g/mol. The Bertz CT molecular complexity index is 1830. The number of carbonyl (C=O) groups excluding carboxylic acids is 2. The van der Waals surface area contributed by atoms with E-state index in [2.05, 4.69) is 34.4 Å². The summed E-state index contributed by atoms with van der Waals surface area (Å²) in [4.78, 5) is 77.9. The summed E-state index contributed by atoms with van der Waals surface area (Å²) in [6.07, 6.45) is 17.9. The first-order valence-electron chi connectivity index (χ1n) is 19.6. The number of aromatic nitrogens is 4. The molecule has 320 valence electrons. The Morgan fingerprint density at radius 3 is 1.22 bits per heavy atom. The molecule has 4 aromatic rings. The monoisotopic (exact) mass is 820 g/mol. The molecule has 0 bridgehead atoms. The molecule has 0 fully saturated rings. The molecule has 0 radical (unpaired) electrons. The van der Waals surface area contributed by atoms with E-state index in [1.54, 1.807) is 49.3 Å². The molecule has 0 aliphatic carbocycles. The molecule has 0 saturated carbocycles. The molecule has 0 saturated heterocycles. The van der Waals surface area contributed by atoms with Crippen LogP contribution < -0.4 is 10.6 Å². The van der Waals surface area contributed by atoms with E-state index in [1.807, 2.05) is 9.13 Å². The maximum atomic E-state index is 12.5. The van der Waals surface area contributed by atoms with Crippen molar-refractivity contribution in [2.75, 3.05) is 10.6 Å². The van der Waals surface area contributed by atoms with Crippen LogP contribution in [0.25, 0.3) is 0 Å². The summed E-state index contributed by atoms with van der Waals surface area (Å²) >= 11 is 0. The molecule has 2 heterocycles. The summed E-state index contributed by atoms with van der Waals surface area (Å²) in [5.74, 6) is -4.57. The number of imidazole rings is 2. The first-order valence-corrected chi connectivity index (χ1v) is 19.6. The smallest absolute Gasteiger partial charge is 0.336 e. The number of anilines is 2. The summed E-state index contributed by atoms with van der Waals surface area (Å²) in [6.45, 7) is 4.27. The van der Waals surface area contributed by atoms with Crippen molar-refractivity contribution in [2.24, 2.45) is 0 Å². The SMILES string of the molecule is CCCCCCC(CCC(=O)O)n1cnc(NC(=O)c2ccccc2C(=O)O)c1.CCCCCCC(CCC(=O)O)n1cnc(NC(=O)c2ccccc2C(=O)O)c1.O. The molecule has 59 heavy (non-hydrogen) atoms. The Labute approximate surface area is 342 Å². The first kappa shape index (κ1) is 48.8. The third-order valence-electron chi connectivity index (χ3n) is 9.50. The molecule has 0 aliphatic rings. The molecule has 2 aromatic carbocycles. The maximum absolute atomic E-state index is 12.5. The minimum absolute atomic E-state index is 0. The fourth-order valence-electron chi connectivity index (χ4n) is 6.38. The van der Waals surface area contributed by atoms with Gasteiger partial charge in [-0.3, -0.25) is 19.2 Å². The third kappa shape index (κ3) is 16.6. The topological polar surface area (TPSA) is 275 Å². The predicted octanol–water partition coefficient (Wildman–Crippen LogP) is 7.60. The Kier molecular flexibility index (Phi) is 21.3. The minimum atomic E-state index is -1.18. The van der Waals surface area contributed by atoms with Gasteiger partial charge in [-0.05, 0) is 49.9 Å². The zero-order valence-corrected chi connectivity index (χ0v) is 33.5. The van der Waals surface area contributed by atoms with Crippen LogP contribution in [0.15, 0.2) is 73.6 Å². The van der Waals surface area contributed by atoms with Crippen molar-refractivity contribution in [3.05, 3.63) is 95.8 Å². The average Bonchev–Trinajstić information content (AvgIpc) is 3.87. The lowest BCUT2D eigenvalue weighted by Crippen LogP contribution is -2.16. The Balaban J connectivity index is 0.000000400. The molecule has 17 heteroatoms. The van der Waals surface area contributed by atoms with Gasteiger partial charge in [-0.15, -0.1) is 0 Å². The van der Waals surface area contributed by atoms with Crippen LogP contribution in [-0.2, 0) is 9.59 Å². The van der Waals surface area contributed by atoms with E-state index in [4.69, 9.17) is 10.2 Å². The van der Waals surface area contributed by atoms with Gasteiger partial charge in [0, 0.05) is 37.3 Å². The van der Waals surface area contributed by atoms with Crippen molar-refractivity contribution in [3.8, 4) is 0 Å². The largest absolute Gasteiger partial charge is 0.481 e. The Morgan fingerprint density at radius 2 is 0.898 bits per heavy atom. The summed E-state index contributed by atoms with van der Waals surface area (Å²) in [5.41, 5.74) is -0.0625. The predicted molar refractivity (Wildman–Crippen MR) is 220 cm³/mol. The number of carbonyl (C=O) groups is 6. The van der Waals surface area contributed by atoms with Crippen molar-refractivity contribution in [2.45, 2.75) is 116 Å². The summed E-state index contributed by atoms with van der Waals surface area (Å²) < 4.78 is 3.65. The molecule has 2 amide bonds. The number of rotatable bonds is 24. The van der Waals surface area contributed by atoms with Crippen molar-refractivity contribution in [3.63, 3.8) is 0 Å². The van der Waals surface area contributed by atoms with Gasteiger partial charge in [0.1, 0.15) is 0 Å². The molecule has 0 spiro atoms. The molecular formula is C42H56N6O11. The van der Waals surface area contributed by atoms with Crippen LogP contribution in [0, 0.1) is 0 Å². The fraction of sp³-hybridized carbons (Fsp3) is 0.429. The minimum Gasteiger partial charge on any atom is -0.481 e. The van der Waals surface area contributed by atoms with Crippen LogP contribution in [-0.4, -0.2) is 80.7 Å². The number of hydrogen-bond acceptors (Lipinski definition) is 8. The van der Waals surface area contributed by atoms with E-state index in [0.29, 0.717) is 24.5 Å². The molecule has 2 atom stereocenters. The maximum Gasteiger partial charge on any atom is 0.336 e. The normalized spacial score (nSPS) is 11.6. The molecule has 0 aliphatic heterocycles. The quantitative estimate of drug-likeness (QED) is 0.0373. The van der Waals surface area contributed by atoms with Crippen LogP contribution >= 0.6 is 0 Å². The number of amides is 2. The third-order valence-corrected chi connectivity index (χ3v) is 9.50. The summed E-state index contributed by atoms with van der Waals surface area (Å²) in [5, 5.41) is 41.7. The molecule has 17 nitrogen and oxygen atoms in total. The highest BCUT2D eigenvalue weighted by atomic mass is 16.4. The van der Waals surface area contributed by atoms with Gasteiger partial charge in [0.2, 0.25) is 0 Å². The highest BCUT2D eigenvalue weighted by Crippen LogP contribution is 2.25. The Hall–Kier alpha value is -6.36. The zero-order valence-electron chi connectivity index (χ0n) is 33.5. The number of hydrogen-bond donors (Lipinski definition) is 6. The van der Waals surface area contributed by atoms with Crippen LogP contribution in [0.4, 0.5) is 11.6 Å². The lowest BCUT2D eigenvalue weighted by Gasteiger charge is -2.17. The van der Waals surface area contributed by atoms with Gasteiger partial charge in [0.05, 0.1) is 34.9 Å². The molecule has 8 N–H and O–H groups in total. The number of aromatic carboxylic acids is 2. The number of aliphatic carboxylic acids is 2. The van der Waals surface area contributed by atoms with Gasteiger partial charge in [-0.25, -0.2) is 19.6 Å². The van der Waals surface area contributed by atoms with Gasteiger partial charge >= 0.3 is 23.9 Å². The average molecular weight is 821 g/mol. The standard InChI is InChI=1S/2C21H27N3O5.H2O/c2*1-2-3-4-5-8-15(11-12-19(25)26)24-13-18(22-14-24)23-20(27)16-9-6-7-10-17(16)21(28)29;/h2*6-7,9-10,13-15H,2-5,8,11-12H2,1H3,(H,23,27)(H,25,26)(H,28,29);1H2. The number of carboxylic acids is 4. The second kappa shape index (κ2) is 25.8. The Morgan fingerprint density at radius 1 is 0.542 bits per heavy atom. The first-order chi connectivity index (χ1) is 27.8. The number of nitrogens with one attached hydrogen (secondary N) is 2. The number of nitrogens with zero attached hydrogens (tertiary/aromatic N) is 4. The van der Waals surface area contributed by atoms with Gasteiger partial charge in [-0.2, -0.15) is 0 Å². The van der Waals surface area contributed by atoms with E-state index >= 15 is 0 Å². The number of carboxylic acid groups (broad SMARTS) is 4. The van der Waals surface area contributed by atoms with Crippen LogP contribution in [0.5, 0.6) is 0 Å².